The highest BCUT2D eigenvalue weighted by molar-refractivity contribution is 7.18. The maximum Gasteiger partial charge on any atom is 0.0907 e. The zero-order valence-corrected chi connectivity index (χ0v) is 12.0. The maximum atomic E-state index is 10.5. The van der Waals surface area contributed by atoms with Crippen LogP contribution in [0, 0.1) is 6.92 Å². The van der Waals surface area contributed by atoms with Gasteiger partial charge in [0.1, 0.15) is 0 Å². The van der Waals surface area contributed by atoms with Crippen molar-refractivity contribution in [3.63, 3.8) is 0 Å². The third-order valence-corrected chi connectivity index (χ3v) is 4.87. The first-order valence-electron chi connectivity index (χ1n) is 7.01. The van der Waals surface area contributed by atoms with E-state index in [1.807, 2.05) is 25.1 Å². The first-order valence-corrected chi connectivity index (χ1v) is 7.83. The molecular weight excluding hydrogens is 256 g/mol. The molecule has 4 heteroatoms. The summed E-state index contributed by atoms with van der Waals surface area (Å²) in [7, 11) is 0. The molecule has 0 spiro atoms. The lowest BCUT2D eigenvalue weighted by Gasteiger charge is -2.25. The van der Waals surface area contributed by atoms with Crippen LogP contribution in [0.5, 0.6) is 0 Å². The van der Waals surface area contributed by atoms with Crippen molar-refractivity contribution in [1.82, 2.24) is 10.3 Å². The van der Waals surface area contributed by atoms with Crippen molar-refractivity contribution >= 4 is 21.6 Å². The predicted octanol–water partition coefficient (Wildman–Crippen LogP) is 3.17. The van der Waals surface area contributed by atoms with Crippen molar-refractivity contribution in [3.8, 4) is 0 Å². The number of hydrogen-bond donors (Lipinski definition) is 2. The van der Waals surface area contributed by atoms with Crippen LogP contribution in [0.2, 0.25) is 0 Å². The van der Waals surface area contributed by atoms with Crippen molar-refractivity contribution < 1.29 is 5.11 Å². The van der Waals surface area contributed by atoms with E-state index >= 15 is 0 Å². The molecular formula is C15H20N2OS. The minimum absolute atomic E-state index is 0.390. The van der Waals surface area contributed by atoms with Crippen LogP contribution in [-0.2, 0) is 0 Å². The highest BCUT2D eigenvalue weighted by Crippen LogP contribution is 2.32. The molecule has 0 radical (unpaired) electrons. The van der Waals surface area contributed by atoms with Crippen LogP contribution in [0.1, 0.15) is 42.4 Å². The van der Waals surface area contributed by atoms with E-state index in [2.05, 4.69) is 10.3 Å². The number of thiazole rings is 1. The Labute approximate surface area is 117 Å². The molecule has 0 bridgehead atoms. The molecule has 1 aliphatic heterocycles. The fourth-order valence-corrected chi connectivity index (χ4v) is 3.85. The molecule has 2 N–H and O–H groups in total. The lowest BCUT2D eigenvalue weighted by molar-refractivity contribution is 0.146. The summed E-state index contributed by atoms with van der Waals surface area (Å²) >= 11 is 1.68. The van der Waals surface area contributed by atoms with Gasteiger partial charge in [-0.3, -0.25) is 0 Å². The zero-order valence-electron chi connectivity index (χ0n) is 11.2. The summed E-state index contributed by atoms with van der Waals surface area (Å²) in [5, 5.41) is 15.1. The number of hydrogen-bond acceptors (Lipinski definition) is 4. The standard InChI is InChI=1S/C15H20N2OS/c1-10-17-13-7-4-6-12(15(13)19-10)14(18)9-11-5-2-3-8-16-11/h4,6-7,11,14,16,18H,2-3,5,8-9H2,1H3. The quantitative estimate of drug-likeness (QED) is 0.905. The number of aliphatic hydroxyl groups excluding tert-OH is 1. The van der Waals surface area contributed by atoms with Gasteiger partial charge in [-0.2, -0.15) is 0 Å². The lowest BCUT2D eigenvalue weighted by atomic mass is 9.96. The summed E-state index contributed by atoms with van der Waals surface area (Å²) in [6, 6.07) is 6.50. The molecule has 1 aliphatic rings. The normalized spacial score (nSPS) is 21.7. The van der Waals surface area contributed by atoms with Crippen LogP contribution in [0.4, 0.5) is 0 Å². The number of piperidine rings is 1. The second kappa shape index (κ2) is 5.57. The topological polar surface area (TPSA) is 45.2 Å². The molecule has 2 unspecified atom stereocenters. The monoisotopic (exact) mass is 276 g/mol. The Bertz CT molecular complexity index is 560. The predicted molar refractivity (Wildman–Crippen MR) is 79.6 cm³/mol. The number of nitrogens with one attached hydrogen (secondary N) is 1. The second-order valence-electron chi connectivity index (χ2n) is 5.33. The summed E-state index contributed by atoms with van der Waals surface area (Å²) < 4.78 is 1.14. The first-order chi connectivity index (χ1) is 9.24. The van der Waals surface area contributed by atoms with Crippen molar-refractivity contribution in [2.24, 2.45) is 0 Å². The van der Waals surface area contributed by atoms with E-state index < -0.39 is 0 Å². The number of aryl methyl sites for hydroxylation is 1. The third-order valence-electron chi connectivity index (χ3n) is 3.83. The van der Waals surface area contributed by atoms with Gasteiger partial charge in [-0.05, 0) is 44.4 Å². The van der Waals surface area contributed by atoms with E-state index in [0.717, 1.165) is 33.8 Å². The van der Waals surface area contributed by atoms with Crippen molar-refractivity contribution in [2.45, 2.75) is 44.8 Å². The molecule has 0 saturated carbocycles. The van der Waals surface area contributed by atoms with Gasteiger partial charge in [0, 0.05) is 6.04 Å². The smallest absolute Gasteiger partial charge is 0.0907 e. The Hall–Kier alpha value is -0.970. The third kappa shape index (κ3) is 2.81. The van der Waals surface area contributed by atoms with Gasteiger partial charge >= 0.3 is 0 Å². The van der Waals surface area contributed by atoms with E-state index in [0.29, 0.717) is 6.04 Å². The molecule has 1 fully saturated rings. The highest BCUT2D eigenvalue weighted by Gasteiger charge is 2.20. The highest BCUT2D eigenvalue weighted by atomic mass is 32.1. The SMILES string of the molecule is Cc1nc2cccc(C(O)CC3CCCCN3)c2s1. The summed E-state index contributed by atoms with van der Waals surface area (Å²) in [6.07, 6.45) is 4.12. The molecule has 19 heavy (non-hydrogen) atoms. The zero-order chi connectivity index (χ0) is 13.2. The molecule has 1 aromatic carbocycles. The Kier molecular flexibility index (Phi) is 3.82. The van der Waals surface area contributed by atoms with Crippen LogP contribution < -0.4 is 5.32 Å². The molecule has 1 saturated heterocycles. The fourth-order valence-electron chi connectivity index (χ4n) is 2.87. The van der Waals surface area contributed by atoms with Gasteiger partial charge in [-0.25, -0.2) is 4.98 Å². The molecule has 3 nitrogen and oxygen atoms in total. The maximum absolute atomic E-state index is 10.5. The largest absolute Gasteiger partial charge is 0.388 e. The minimum atomic E-state index is -0.390. The van der Waals surface area contributed by atoms with E-state index in [-0.39, 0.29) is 6.10 Å². The molecule has 0 aliphatic carbocycles. The van der Waals surface area contributed by atoms with Crippen LogP contribution >= 0.6 is 11.3 Å². The van der Waals surface area contributed by atoms with Crippen molar-refractivity contribution in [2.75, 3.05) is 6.54 Å². The average Bonchev–Trinajstić information content (AvgIpc) is 2.79. The Morgan fingerprint density at radius 2 is 2.37 bits per heavy atom. The second-order valence-corrected chi connectivity index (χ2v) is 6.53. The average molecular weight is 276 g/mol. The first kappa shape index (κ1) is 13.0. The van der Waals surface area contributed by atoms with Gasteiger partial charge in [-0.1, -0.05) is 18.6 Å². The van der Waals surface area contributed by atoms with E-state index in [1.165, 1.54) is 19.3 Å². The fraction of sp³-hybridized carbons (Fsp3) is 0.533. The lowest BCUT2D eigenvalue weighted by Crippen LogP contribution is -2.35. The minimum Gasteiger partial charge on any atom is -0.388 e. The van der Waals surface area contributed by atoms with Crippen LogP contribution in [0.25, 0.3) is 10.2 Å². The van der Waals surface area contributed by atoms with Gasteiger partial charge in [0.05, 0.1) is 21.3 Å². The number of aliphatic hydroxyl groups is 1. The molecule has 2 heterocycles. The van der Waals surface area contributed by atoms with Gasteiger partial charge in [0.25, 0.3) is 0 Å². The van der Waals surface area contributed by atoms with Gasteiger partial charge in [-0.15, -0.1) is 11.3 Å². The Morgan fingerprint density at radius 1 is 1.47 bits per heavy atom. The van der Waals surface area contributed by atoms with Gasteiger partial charge < -0.3 is 10.4 Å². The van der Waals surface area contributed by atoms with Gasteiger partial charge in [0.2, 0.25) is 0 Å². The van der Waals surface area contributed by atoms with Gasteiger partial charge in [0.15, 0.2) is 0 Å². The molecule has 2 aromatic rings. The summed E-state index contributed by atoms with van der Waals surface area (Å²) in [5.74, 6) is 0. The van der Waals surface area contributed by atoms with Crippen molar-refractivity contribution in [3.05, 3.63) is 28.8 Å². The number of aromatic nitrogens is 1. The van der Waals surface area contributed by atoms with E-state index in [1.54, 1.807) is 11.3 Å². The van der Waals surface area contributed by atoms with E-state index in [4.69, 9.17) is 0 Å². The Balaban J connectivity index is 1.82. The molecule has 3 rings (SSSR count). The van der Waals surface area contributed by atoms with Crippen molar-refractivity contribution in [1.29, 1.82) is 0 Å². The van der Waals surface area contributed by atoms with Crippen LogP contribution in [0.15, 0.2) is 18.2 Å². The molecule has 1 aromatic heterocycles. The van der Waals surface area contributed by atoms with E-state index in [9.17, 15) is 5.11 Å². The van der Waals surface area contributed by atoms with Crippen LogP contribution in [0.3, 0.4) is 0 Å². The summed E-state index contributed by atoms with van der Waals surface area (Å²) in [5.41, 5.74) is 2.05. The summed E-state index contributed by atoms with van der Waals surface area (Å²) in [6.45, 7) is 3.10. The molecule has 102 valence electrons. The molecule has 0 amide bonds. The Morgan fingerprint density at radius 3 is 3.16 bits per heavy atom. The van der Waals surface area contributed by atoms with Crippen LogP contribution in [-0.4, -0.2) is 22.7 Å². The molecule has 2 atom stereocenters. The number of rotatable bonds is 3. The number of benzene rings is 1. The number of nitrogens with zero attached hydrogens (tertiary/aromatic N) is 1. The summed E-state index contributed by atoms with van der Waals surface area (Å²) in [4.78, 5) is 4.49. The number of fused-ring (bicyclic) bond motifs is 1.